The summed E-state index contributed by atoms with van der Waals surface area (Å²) in [5.74, 6) is 1.75. The van der Waals surface area contributed by atoms with Gasteiger partial charge in [0.15, 0.2) is 5.82 Å². The molecule has 3 N–H and O–H groups in total. The fraction of sp³-hybridized carbons (Fsp3) is 0.407. The molecule has 1 fully saturated rings. The molecular formula is C27H33N9O. The maximum absolute atomic E-state index is 13.4. The van der Waals surface area contributed by atoms with E-state index in [1.807, 2.05) is 37.1 Å². The van der Waals surface area contributed by atoms with Crippen molar-refractivity contribution in [1.82, 2.24) is 34.5 Å². The first kappa shape index (κ1) is 23.5. The third kappa shape index (κ3) is 4.53. The summed E-state index contributed by atoms with van der Waals surface area (Å²) in [7, 11) is 2.08. The van der Waals surface area contributed by atoms with Gasteiger partial charge < -0.3 is 25.4 Å². The smallest absolute Gasteiger partial charge is 0.272 e. The van der Waals surface area contributed by atoms with E-state index >= 15 is 0 Å². The topological polar surface area (TPSA) is 107 Å². The zero-order valence-corrected chi connectivity index (χ0v) is 21.5. The fourth-order valence-corrected chi connectivity index (χ4v) is 5.27. The van der Waals surface area contributed by atoms with Crippen LogP contribution in [-0.4, -0.2) is 73.7 Å². The van der Waals surface area contributed by atoms with Gasteiger partial charge in [-0.3, -0.25) is 9.48 Å². The molecule has 2 aliphatic rings. The number of aromatic amines is 1. The predicted octanol–water partition coefficient (Wildman–Crippen LogP) is 3.97. The molecule has 1 aliphatic heterocycles. The molecule has 0 bridgehead atoms. The van der Waals surface area contributed by atoms with Gasteiger partial charge in [0.05, 0.1) is 11.4 Å². The molecule has 192 valence electrons. The lowest BCUT2D eigenvalue weighted by Crippen LogP contribution is -2.47. The number of nitrogens with one attached hydrogen (secondary N) is 3. The Morgan fingerprint density at radius 1 is 1.11 bits per heavy atom. The van der Waals surface area contributed by atoms with Gasteiger partial charge in [-0.05, 0) is 50.9 Å². The summed E-state index contributed by atoms with van der Waals surface area (Å²) in [6, 6.07) is 12.6. The normalized spacial score (nSPS) is 17.9. The van der Waals surface area contributed by atoms with Gasteiger partial charge in [0.2, 0.25) is 5.95 Å². The number of aromatic nitrogens is 5. The molecule has 1 aromatic carbocycles. The van der Waals surface area contributed by atoms with Crippen LogP contribution in [0.25, 0.3) is 11.0 Å². The highest BCUT2D eigenvalue weighted by Gasteiger charge is 2.26. The van der Waals surface area contributed by atoms with Crippen LogP contribution in [0.4, 0.5) is 17.6 Å². The quantitative estimate of drug-likeness (QED) is 0.369. The number of aryl methyl sites for hydroxylation is 1. The Hall–Kier alpha value is -3.92. The molecule has 0 radical (unpaired) electrons. The van der Waals surface area contributed by atoms with Crippen LogP contribution >= 0.6 is 0 Å². The zero-order chi connectivity index (χ0) is 25.5. The molecule has 4 aromatic rings. The van der Waals surface area contributed by atoms with Gasteiger partial charge in [0.1, 0.15) is 17.2 Å². The van der Waals surface area contributed by atoms with E-state index in [1.165, 1.54) is 11.1 Å². The van der Waals surface area contributed by atoms with Crippen LogP contribution in [-0.2, 0) is 6.42 Å². The van der Waals surface area contributed by atoms with E-state index in [4.69, 9.17) is 10.1 Å². The maximum atomic E-state index is 13.4. The first-order chi connectivity index (χ1) is 18.0. The van der Waals surface area contributed by atoms with Crippen molar-refractivity contribution < 1.29 is 4.79 Å². The average Bonchev–Trinajstić information content (AvgIpc) is 3.63. The second kappa shape index (κ2) is 9.51. The number of rotatable bonds is 6. The molecule has 1 amide bonds. The van der Waals surface area contributed by atoms with Crippen molar-refractivity contribution in [3.63, 3.8) is 0 Å². The number of likely N-dealkylation sites (N-methyl/N-ethyl adjacent to an activating group) is 1. The number of anilines is 3. The monoisotopic (exact) mass is 499 g/mol. The Kier molecular flexibility index (Phi) is 6.03. The molecule has 4 heterocycles. The van der Waals surface area contributed by atoms with Gasteiger partial charge in [0.25, 0.3) is 5.91 Å². The van der Waals surface area contributed by atoms with E-state index in [9.17, 15) is 4.79 Å². The molecule has 3 aromatic heterocycles. The van der Waals surface area contributed by atoms with E-state index in [2.05, 4.69) is 56.8 Å². The summed E-state index contributed by atoms with van der Waals surface area (Å²) in [5, 5.41) is 12.5. The molecule has 10 heteroatoms. The molecule has 1 atom stereocenters. The number of benzene rings is 1. The van der Waals surface area contributed by atoms with Gasteiger partial charge in [-0.25, -0.2) is 0 Å². The molecule has 10 nitrogen and oxygen atoms in total. The van der Waals surface area contributed by atoms with Crippen LogP contribution in [0.15, 0.2) is 42.6 Å². The van der Waals surface area contributed by atoms with Gasteiger partial charge >= 0.3 is 0 Å². The minimum atomic E-state index is 0.00495. The number of H-pyrrole nitrogens is 1. The molecule has 6 rings (SSSR count). The van der Waals surface area contributed by atoms with E-state index in [0.717, 1.165) is 42.8 Å². The van der Waals surface area contributed by atoms with Crippen molar-refractivity contribution in [3.05, 3.63) is 59.4 Å². The van der Waals surface area contributed by atoms with Gasteiger partial charge in [0, 0.05) is 44.5 Å². The first-order valence-corrected chi connectivity index (χ1v) is 13.0. The highest BCUT2D eigenvalue weighted by atomic mass is 16.2. The van der Waals surface area contributed by atoms with E-state index in [0.29, 0.717) is 30.5 Å². The van der Waals surface area contributed by atoms with Crippen molar-refractivity contribution in [3.8, 4) is 0 Å². The molecule has 1 aliphatic carbocycles. The maximum Gasteiger partial charge on any atom is 0.272 e. The number of carbonyl (C=O) groups is 1. The third-order valence-corrected chi connectivity index (χ3v) is 7.33. The standard InChI is InChI=1S/C27H33N9O/c1-17(2)36-22(26(37)35-14-12-34(3)13-15-35)16-23(33-36)30-27-31-24-20(10-11-28-24)25(32-27)29-21-9-8-18-6-4-5-7-19(18)21/h4-7,10-11,16-17,21H,8-9,12-15H2,1-3H3,(H3,28,29,30,31,32,33)/t21-/m0/s1. The lowest BCUT2D eigenvalue weighted by molar-refractivity contribution is 0.0649. The molecule has 0 unspecified atom stereocenters. The summed E-state index contributed by atoms with van der Waals surface area (Å²) in [5.41, 5.74) is 4.02. The Balaban J connectivity index is 1.28. The molecule has 0 saturated carbocycles. The highest BCUT2D eigenvalue weighted by molar-refractivity contribution is 5.94. The molecular weight excluding hydrogens is 466 g/mol. The second-order valence-electron chi connectivity index (χ2n) is 10.2. The Labute approximate surface area is 216 Å². The van der Waals surface area contributed by atoms with Gasteiger partial charge in [-0.1, -0.05) is 24.3 Å². The number of amides is 1. The van der Waals surface area contributed by atoms with Gasteiger partial charge in [-0.15, -0.1) is 0 Å². The lowest BCUT2D eigenvalue weighted by Gasteiger charge is -2.32. The largest absolute Gasteiger partial charge is 0.363 e. The van der Waals surface area contributed by atoms with Crippen molar-refractivity contribution in [2.24, 2.45) is 0 Å². The number of hydrogen-bond donors (Lipinski definition) is 3. The van der Waals surface area contributed by atoms with Crippen LogP contribution in [0.3, 0.4) is 0 Å². The Bertz CT molecular complexity index is 1430. The summed E-state index contributed by atoms with van der Waals surface area (Å²) >= 11 is 0. The predicted molar refractivity (Wildman–Crippen MR) is 144 cm³/mol. The minimum Gasteiger partial charge on any atom is -0.363 e. The lowest BCUT2D eigenvalue weighted by atomic mass is 10.1. The van der Waals surface area contributed by atoms with Crippen LogP contribution in [0.2, 0.25) is 0 Å². The van der Waals surface area contributed by atoms with Crippen molar-refractivity contribution >= 4 is 34.5 Å². The Morgan fingerprint density at radius 3 is 2.73 bits per heavy atom. The molecule has 0 spiro atoms. The van der Waals surface area contributed by atoms with E-state index in [1.54, 1.807) is 4.68 Å². The van der Waals surface area contributed by atoms with Crippen molar-refractivity contribution in [2.45, 2.75) is 38.8 Å². The van der Waals surface area contributed by atoms with Crippen molar-refractivity contribution in [1.29, 1.82) is 0 Å². The first-order valence-electron chi connectivity index (χ1n) is 13.0. The number of hydrogen-bond acceptors (Lipinski definition) is 7. The Morgan fingerprint density at radius 2 is 1.92 bits per heavy atom. The van der Waals surface area contributed by atoms with Crippen LogP contribution in [0, 0.1) is 0 Å². The van der Waals surface area contributed by atoms with Crippen LogP contribution < -0.4 is 10.6 Å². The van der Waals surface area contributed by atoms with Crippen molar-refractivity contribution in [2.75, 3.05) is 43.9 Å². The molecule has 1 saturated heterocycles. The zero-order valence-electron chi connectivity index (χ0n) is 21.5. The van der Waals surface area contributed by atoms with E-state index < -0.39 is 0 Å². The number of piperazine rings is 1. The number of nitrogens with zero attached hydrogens (tertiary/aromatic N) is 6. The number of carbonyl (C=O) groups excluding carboxylic acids is 1. The van der Waals surface area contributed by atoms with Gasteiger partial charge in [-0.2, -0.15) is 15.1 Å². The highest BCUT2D eigenvalue weighted by Crippen LogP contribution is 2.35. The average molecular weight is 500 g/mol. The minimum absolute atomic E-state index is 0.00495. The third-order valence-electron chi connectivity index (χ3n) is 7.33. The summed E-state index contributed by atoms with van der Waals surface area (Å²) < 4.78 is 1.78. The van der Waals surface area contributed by atoms with Crippen LogP contribution in [0.5, 0.6) is 0 Å². The van der Waals surface area contributed by atoms with Crippen LogP contribution in [0.1, 0.15) is 54.0 Å². The number of fused-ring (bicyclic) bond motifs is 2. The fourth-order valence-electron chi connectivity index (χ4n) is 5.27. The second-order valence-corrected chi connectivity index (χ2v) is 10.2. The molecule has 37 heavy (non-hydrogen) atoms. The summed E-state index contributed by atoms with van der Waals surface area (Å²) in [6.45, 7) is 7.23. The SMILES string of the molecule is CC(C)n1nc(Nc2nc(N[C@H]3CCc4ccccc43)c3cc[nH]c3n2)cc1C(=O)N1CCN(C)CC1. The summed E-state index contributed by atoms with van der Waals surface area (Å²) in [4.78, 5) is 30.2. The summed E-state index contributed by atoms with van der Waals surface area (Å²) in [6.07, 6.45) is 3.95. The van der Waals surface area contributed by atoms with E-state index in [-0.39, 0.29) is 18.0 Å².